The first-order chi connectivity index (χ1) is 14.5. The standard InChI is InChI=1S/C24H27N3O3/c1-17(2)16-30-24(29)26-22-5-3-4-21(14-22)23(28)27-12-10-20(11-13-27)19-8-6-18(15-25)7-9-19/h3-9,14,17,20H,10-13,16H2,1-2H3,(H,26,29). The van der Waals surface area contributed by atoms with E-state index in [1.807, 2.05) is 43.0 Å². The highest BCUT2D eigenvalue weighted by Gasteiger charge is 2.24. The molecule has 0 aromatic heterocycles. The normalized spacial score (nSPS) is 14.3. The van der Waals surface area contributed by atoms with Crippen LogP contribution in [-0.2, 0) is 4.74 Å². The van der Waals surface area contributed by atoms with Gasteiger partial charge in [-0.2, -0.15) is 5.26 Å². The minimum atomic E-state index is -0.517. The molecule has 156 valence electrons. The molecule has 3 rings (SSSR count). The highest BCUT2D eigenvalue weighted by Crippen LogP contribution is 2.29. The molecule has 1 fully saturated rings. The van der Waals surface area contributed by atoms with Gasteiger partial charge < -0.3 is 9.64 Å². The van der Waals surface area contributed by atoms with E-state index < -0.39 is 6.09 Å². The fraction of sp³-hybridized carbons (Fsp3) is 0.375. The molecular formula is C24H27N3O3. The summed E-state index contributed by atoms with van der Waals surface area (Å²) in [6.45, 7) is 5.64. The van der Waals surface area contributed by atoms with Gasteiger partial charge in [0.25, 0.3) is 5.91 Å². The van der Waals surface area contributed by atoms with Crippen molar-refractivity contribution in [3.63, 3.8) is 0 Å². The predicted molar refractivity (Wildman–Crippen MR) is 115 cm³/mol. The van der Waals surface area contributed by atoms with Crippen LogP contribution in [0.4, 0.5) is 10.5 Å². The van der Waals surface area contributed by atoms with E-state index >= 15 is 0 Å². The van der Waals surface area contributed by atoms with Gasteiger partial charge in [0.1, 0.15) is 0 Å². The fourth-order valence-corrected chi connectivity index (χ4v) is 3.55. The van der Waals surface area contributed by atoms with Gasteiger partial charge in [-0.3, -0.25) is 10.1 Å². The molecule has 0 bridgehead atoms. The molecule has 1 aliphatic heterocycles. The smallest absolute Gasteiger partial charge is 0.411 e. The number of nitrogens with zero attached hydrogens (tertiary/aromatic N) is 2. The largest absolute Gasteiger partial charge is 0.449 e. The molecule has 1 aliphatic rings. The van der Waals surface area contributed by atoms with Crippen LogP contribution < -0.4 is 5.32 Å². The summed E-state index contributed by atoms with van der Waals surface area (Å²) in [5.41, 5.74) is 2.97. The van der Waals surface area contributed by atoms with Crippen LogP contribution in [0.3, 0.4) is 0 Å². The summed E-state index contributed by atoms with van der Waals surface area (Å²) >= 11 is 0. The third-order valence-corrected chi connectivity index (χ3v) is 5.20. The van der Waals surface area contributed by atoms with Crippen molar-refractivity contribution in [3.8, 4) is 6.07 Å². The lowest BCUT2D eigenvalue weighted by molar-refractivity contribution is 0.0713. The first-order valence-corrected chi connectivity index (χ1v) is 10.3. The van der Waals surface area contributed by atoms with Crippen LogP contribution in [0.1, 0.15) is 54.1 Å². The molecule has 2 aromatic rings. The van der Waals surface area contributed by atoms with Gasteiger partial charge in [0.05, 0.1) is 18.2 Å². The monoisotopic (exact) mass is 405 g/mol. The van der Waals surface area contributed by atoms with Crippen LogP contribution in [-0.4, -0.2) is 36.6 Å². The number of likely N-dealkylation sites (tertiary alicyclic amines) is 1. The molecule has 0 unspecified atom stereocenters. The Bertz CT molecular complexity index is 923. The van der Waals surface area contributed by atoms with E-state index in [1.54, 1.807) is 24.3 Å². The van der Waals surface area contributed by atoms with Gasteiger partial charge in [0, 0.05) is 24.3 Å². The molecular weight excluding hydrogens is 378 g/mol. The number of nitrogens with one attached hydrogen (secondary N) is 1. The molecule has 2 amide bonds. The molecule has 1 N–H and O–H groups in total. The zero-order valence-corrected chi connectivity index (χ0v) is 17.4. The summed E-state index contributed by atoms with van der Waals surface area (Å²) < 4.78 is 5.13. The van der Waals surface area contributed by atoms with Crippen LogP contribution in [0, 0.1) is 17.2 Å². The first kappa shape index (κ1) is 21.4. The maximum Gasteiger partial charge on any atom is 0.411 e. The summed E-state index contributed by atoms with van der Waals surface area (Å²) in [7, 11) is 0. The summed E-state index contributed by atoms with van der Waals surface area (Å²) in [4.78, 5) is 26.6. The Kier molecular flexibility index (Phi) is 7.08. The Morgan fingerprint density at radius 2 is 1.87 bits per heavy atom. The number of nitriles is 1. The van der Waals surface area contributed by atoms with Gasteiger partial charge in [0.2, 0.25) is 0 Å². The Labute approximate surface area is 177 Å². The second-order valence-corrected chi connectivity index (χ2v) is 8.00. The second-order valence-electron chi connectivity index (χ2n) is 8.00. The second kappa shape index (κ2) is 9.93. The topological polar surface area (TPSA) is 82.4 Å². The summed E-state index contributed by atoms with van der Waals surface area (Å²) in [6, 6.07) is 16.8. The van der Waals surface area contributed by atoms with E-state index in [1.165, 1.54) is 5.56 Å². The van der Waals surface area contributed by atoms with Crippen LogP contribution in [0.5, 0.6) is 0 Å². The Hall–Kier alpha value is -3.33. The molecule has 1 saturated heterocycles. The van der Waals surface area contributed by atoms with Crippen LogP contribution in [0.15, 0.2) is 48.5 Å². The lowest BCUT2D eigenvalue weighted by Crippen LogP contribution is -2.37. The van der Waals surface area contributed by atoms with Gasteiger partial charge in [-0.25, -0.2) is 4.79 Å². The first-order valence-electron chi connectivity index (χ1n) is 10.3. The van der Waals surface area contributed by atoms with Crippen molar-refractivity contribution in [2.75, 3.05) is 25.0 Å². The van der Waals surface area contributed by atoms with Crippen molar-refractivity contribution in [3.05, 3.63) is 65.2 Å². The Balaban J connectivity index is 1.57. The van der Waals surface area contributed by atoms with Gasteiger partial charge in [-0.1, -0.05) is 32.0 Å². The molecule has 30 heavy (non-hydrogen) atoms. The lowest BCUT2D eigenvalue weighted by atomic mass is 9.89. The molecule has 0 aliphatic carbocycles. The van der Waals surface area contributed by atoms with E-state index in [-0.39, 0.29) is 11.8 Å². The Morgan fingerprint density at radius 3 is 2.50 bits per heavy atom. The van der Waals surface area contributed by atoms with Crippen LogP contribution in [0.2, 0.25) is 0 Å². The molecule has 1 heterocycles. The highest BCUT2D eigenvalue weighted by atomic mass is 16.5. The number of piperidine rings is 1. The van der Waals surface area contributed by atoms with Gasteiger partial charge in [0.15, 0.2) is 0 Å². The number of hydrogen-bond donors (Lipinski definition) is 1. The highest BCUT2D eigenvalue weighted by molar-refractivity contribution is 5.96. The number of amides is 2. The summed E-state index contributed by atoms with van der Waals surface area (Å²) in [6.07, 6.45) is 1.25. The zero-order valence-electron chi connectivity index (χ0n) is 17.4. The van der Waals surface area contributed by atoms with E-state index in [9.17, 15) is 9.59 Å². The fourth-order valence-electron chi connectivity index (χ4n) is 3.55. The third-order valence-electron chi connectivity index (χ3n) is 5.20. The van der Waals surface area contributed by atoms with Crippen molar-refractivity contribution in [1.82, 2.24) is 4.90 Å². The summed E-state index contributed by atoms with van der Waals surface area (Å²) in [5, 5.41) is 11.6. The van der Waals surface area contributed by atoms with Crippen LogP contribution >= 0.6 is 0 Å². The number of anilines is 1. The third kappa shape index (κ3) is 5.60. The lowest BCUT2D eigenvalue weighted by Gasteiger charge is -2.32. The number of hydrogen-bond acceptors (Lipinski definition) is 4. The maximum atomic E-state index is 12.9. The molecule has 6 heteroatoms. The number of benzene rings is 2. The number of carbonyl (C=O) groups is 2. The van der Waals surface area contributed by atoms with Gasteiger partial charge in [-0.15, -0.1) is 0 Å². The molecule has 2 aromatic carbocycles. The summed E-state index contributed by atoms with van der Waals surface area (Å²) in [5.74, 6) is 0.619. The van der Waals surface area contributed by atoms with Crippen molar-refractivity contribution in [1.29, 1.82) is 5.26 Å². The zero-order chi connectivity index (χ0) is 21.5. The number of rotatable bonds is 5. The molecule has 0 spiro atoms. The van der Waals surface area contributed by atoms with Crippen molar-refractivity contribution < 1.29 is 14.3 Å². The number of ether oxygens (including phenoxy) is 1. The van der Waals surface area contributed by atoms with E-state index in [0.29, 0.717) is 42.4 Å². The minimum Gasteiger partial charge on any atom is -0.449 e. The minimum absolute atomic E-state index is 0.0347. The molecule has 0 atom stereocenters. The number of carbonyl (C=O) groups excluding carboxylic acids is 2. The average Bonchev–Trinajstić information content (AvgIpc) is 2.77. The van der Waals surface area contributed by atoms with Gasteiger partial charge >= 0.3 is 6.09 Å². The van der Waals surface area contributed by atoms with Crippen molar-refractivity contribution in [2.24, 2.45) is 5.92 Å². The molecule has 0 saturated carbocycles. The quantitative estimate of drug-likeness (QED) is 0.776. The molecule has 0 radical (unpaired) electrons. The van der Waals surface area contributed by atoms with E-state index in [2.05, 4.69) is 11.4 Å². The van der Waals surface area contributed by atoms with Crippen molar-refractivity contribution in [2.45, 2.75) is 32.6 Å². The maximum absolute atomic E-state index is 12.9. The predicted octanol–water partition coefficient (Wildman–Crippen LogP) is 4.78. The Morgan fingerprint density at radius 1 is 1.17 bits per heavy atom. The van der Waals surface area contributed by atoms with E-state index in [0.717, 1.165) is 12.8 Å². The SMILES string of the molecule is CC(C)COC(=O)Nc1cccc(C(=O)N2CCC(c3ccc(C#N)cc3)CC2)c1. The van der Waals surface area contributed by atoms with Crippen LogP contribution in [0.25, 0.3) is 0 Å². The van der Waals surface area contributed by atoms with Gasteiger partial charge in [-0.05, 0) is 60.6 Å². The van der Waals surface area contributed by atoms with Crippen molar-refractivity contribution >= 4 is 17.7 Å². The average molecular weight is 405 g/mol. The molecule has 6 nitrogen and oxygen atoms in total. The van der Waals surface area contributed by atoms with E-state index in [4.69, 9.17) is 10.00 Å².